The zero-order valence-electron chi connectivity index (χ0n) is 16.2. The summed E-state index contributed by atoms with van der Waals surface area (Å²) >= 11 is 0. The molecule has 4 rings (SSSR count). The van der Waals surface area contributed by atoms with Crippen molar-refractivity contribution in [2.75, 3.05) is 31.1 Å². The third-order valence-corrected chi connectivity index (χ3v) is 4.89. The Morgan fingerprint density at radius 2 is 1.86 bits per heavy atom. The molecule has 0 radical (unpaired) electrons. The van der Waals surface area contributed by atoms with Gasteiger partial charge >= 0.3 is 0 Å². The van der Waals surface area contributed by atoms with E-state index in [0.29, 0.717) is 25.4 Å². The van der Waals surface area contributed by atoms with Gasteiger partial charge in [0.1, 0.15) is 18.2 Å². The van der Waals surface area contributed by atoms with E-state index in [2.05, 4.69) is 15.2 Å². The predicted molar refractivity (Wildman–Crippen MR) is 106 cm³/mol. The first-order valence-electron chi connectivity index (χ1n) is 9.46. The normalized spacial score (nSPS) is 14.1. The maximum Gasteiger partial charge on any atom is 0.276 e. The molecule has 1 saturated heterocycles. The lowest BCUT2D eigenvalue weighted by molar-refractivity contribution is 0.0740. The molecule has 0 saturated carbocycles. The minimum Gasteiger partial charge on any atom is -0.489 e. The summed E-state index contributed by atoms with van der Waals surface area (Å²) in [6.45, 7) is 3.08. The van der Waals surface area contributed by atoms with Crippen molar-refractivity contribution in [2.45, 2.75) is 6.61 Å². The van der Waals surface area contributed by atoms with E-state index in [4.69, 9.17) is 4.74 Å². The van der Waals surface area contributed by atoms with Gasteiger partial charge in [-0.25, -0.2) is 4.39 Å². The van der Waals surface area contributed by atoms with Crippen molar-refractivity contribution in [1.29, 1.82) is 0 Å². The van der Waals surface area contributed by atoms with Crippen LogP contribution in [0.5, 0.6) is 5.75 Å². The average Bonchev–Trinajstić information content (AvgIpc) is 3.19. The zero-order valence-corrected chi connectivity index (χ0v) is 16.2. The fraction of sp³-hybridized carbons (Fsp3) is 0.286. The van der Waals surface area contributed by atoms with Crippen LogP contribution < -0.4 is 9.64 Å². The molecule has 0 unspecified atom stereocenters. The number of nitrogens with zero attached hydrogens (tertiary/aromatic N) is 5. The van der Waals surface area contributed by atoms with E-state index in [1.54, 1.807) is 30.3 Å². The predicted octanol–water partition coefficient (Wildman–Crippen LogP) is 2.50. The summed E-state index contributed by atoms with van der Waals surface area (Å²) in [4.78, 5) is 16.5. The maximum absolute atomic E-state index is 13.0. The molecular weight excluding hydrogens is 373 g/mol. The van der Waals surface area contributed by atoms with Crippen LogP contribution in [-0.2, 0) is 13.7 Å². The van der Waals surface area contributed by atoms with Crippen molar-refractivity contribution < 1.29 is 13.9 Å². The Kier molecular flexibility index (Phi) is 5.41. The smallest absolute Gasteiger partial charge is 0.276 e. The number of aryl methyl sites for hydroxylation is 1. The summed E-state index contributed by atoms with van der Waals surface area (Å²) in [5.41, 5.74) is 2.33. The van der Waals surface area contributed by atoms with Crippen LogP contribution >= 0.6 is 0 Å². The highest BCUT2D eigenvalue weighted by atomic mass is 19.1. The van der Waals surface area contributed by atoms with Crippen LogP contribution in [0.25, 0.3) is 0 Å². The Bertz CT molecular complexity index is 981. The molecule has 7 nitrogen and oxygen atoms in total. The molecule has 2 aromatic carbocycles. The molecule has 1 aliphatic heterocycles. The number of piperazine rings is 1. The second kappa shape index (κ2) is 8.30. The van der Waals surface area contributed by atoms with Crippen molar-refractivity contribution in [1.82, 2.24) is 19.9 Å². The third-order valence-electron chi connectivity index (χ3n) is 4.89. The van der Waals surface area contributed by atoms with Gasteiger partial charge in [0.05, 0.1) is 6.20 Å². The molecule has 29 heavy (non-hydrogen) atoms. The molecule has 0 atom stereocenters. The van der Waals surface area contributed by atoms with Gasteiger partial charge in [0.15, 0.2) is 5.69 Å². The quantitative estimate of drug-likeness (QED) is 0.664. The first-order chi connectivity index (χ1) is 14.1. The van der Waals surface area contributed by atoms with Gasteiger partial charge in [-0.3, -0.25) is 9.48 Å². The number of benzene rings is 2. The van der Waals surface area contributed by atoms with Crippen LogP contribution in [0.3, 0.4) is 0 Å². The van der Waals surface area contributed by atoms with E-state index in [-0.39, 0.29) is 11.7 Å². The van der Waals surface area contributed by atoms with Gasteiger partial charge in [-0.05, 0) is 29.8 Å². The van der Waals surface area contributed by atoms with Crippen molar-refractivity contribution in [2.24, 2.45) is 7.05 Å². The Hall–Kier alpha value is -3.42. The molecule has 150 valence electrons. The molecule has 0 N–H and O–H groups in total. The highest BCUT2D eigenvalue weighted by Gasteiger charge is 2.24. The zero-order chi connectivity index (χ0) is 20.2. The SMILES string of the molecule is Cn1cc(C(=O)N2CCN(c3cccc(OCc4ccc(F)cc4)c3)CC2)nn1. The average molecular weight is 395 g/mol. The summed E-state index contributed by atoms with van der Waals surface area (Å²) in [6, 6.07) is 14.2. The molecule has 8 heteroatoms. The number of carbonyl (C=O) groups is 1. The van der Waals surface area contributed by atoms with Crippen LogP contribution in [0.1, 0.15) is 16.1 Å². The second-order valence-electron chi connectivity index (χ2n) is 6.97. The molecule has 1 aliphatic rings. The minimum atomic E-state index is -0.257. The first-order valence-corrected chi connectivity index (χ1v) is 9.46. The van der Waals surface area contributed by atoms with Crippen LogP contribution in [0, 0.1) is 5.82 Å². The molecule has 0 aliphatic carbocycles. The fourth-order valence-electron chi connectivity index (χ4n) is 3.29. The standard InChI is InChI=1S/C21H22FN5O2/c1-25-14-20(23-24-25)21(28)27-11-9-26(10-12-27)18-3-2-4-19(13-18)29-15-16-5-7-17(22)8-6-16/h2-8,13-14H,9-12,15H2,1H3. The van der Waals surface area contributed by atoms with E-state index in [9.17, 15) is 9.18 Å². The molecule has 1 fully saturated rings. The molecule has 2 heterocycles. The lowest BCUT2D eigenvalue weighted by Crippen LogP contribution is -2.48. The van der Waals surface area contributed by atoms with Crippen LogP contribution in [0.2, 0.25) is 0 Å². The van der Waals surface area contributed by atoms with Crippen molar-refractivity contribution >= 4 is 11.6 Å². The van der Waals surface area contributed by atoms with Gasteiger partial charge in [-0.2, -0.15) is 0 Å². The highest BCUT2D eigenvalue weighted by molar-refractivity contribution is 5.92. The summed E-state index contributed by atoms with van der Waals surface area (Å²) in [6.07, 6.45) is 1.64. The number of aromatic nitrogens is 3. The van der Waals surface area contributed by atoms with Crippen molar-refractivity contribution in [3.8, 4) is 5.75 Å². The second-order valence-corrected chi connectivity index (χ2v) is 6.97. The molecular formula is C21H22FN5O2. The van der Waals surface area contributed by atoms with Gasteiger partial charge < -0.3 is 14.5 Å². The topological polar surface area (TPSA) is 63.5 Å². The number of anilines is 1. The van der Waals surface area contributed by atoms with E-state index in [0.717, 1.165) is 30.1 Å². The molecule has 0 spiro atoms. The Balaban J connectivity index is 1.34. The van der Waals surface area contributed by atoms with Crippen LogP contribution in [0.15, 0.2) is 54.7 Å². The number of ether oxygens (including phenoxy) is 1. The van der Waals surface area contributed by atoms with Gasteiger partial charge in [-0.15, -0.1) is 5.10 Å². The van der Waals surface area contributed by atoms with Crippen molar-refractivity contribution in [3.05, 3.63) is 71.8 Å². The van der Waals surface area contributed by atoms with E-state index < -0.39 is 0 Å². The van der Waals surface area contributed by atoms with Gasteiger partial charge in [0, 0.05) is 45.0 Å². The fourth-order valence-corrected chi connectivity index (χ4v) is 3.29. The largest absolute Gasteiger partial charge is 0.489 e. The number of hydrogen-bond donors (Lipinski definition) is 0. The first kappa shape index (κ1) is 18.9. The van der Waals surface area contributed by atoms with Gasteiger partial charge in [0.2, 0.25) is 0 Å². The number of rotatable bonds is 5. The minimum absolute atomic E-state index is 0.0888. The summed E-state index contributed by atoms with van der Waals surface area (Å²) in [5.74, 6) is 0.409. The number of hydrogen-bond acceptors (Lipinski definition) is 5. The third kappa shape index (κ3) is 4.53. The molecule has 1 aromatic heterocycles. The van der Waals surface area contributed by atoms with E-state index >= 15 is 0 Å². The van der Waals surface area contributed by atoms with Crippen LogP contribution in [-0.4, -0.2) is 52.0 Å². The van der Waals surface area contributed by atoms with Crippen LogP contribution in [0.4, 0.5) is 10.1 Å². The maximum atomic E-state index is 13.0. The van der Waals surface area contributed by atoms with Gasteiger partial charge in [0.25, 0.3) is 5.91 Å². The van der Waals surface area contributed by atoms with E-state index in [1.807, 2.05) is 24.3 Å². The number of amides is 1. The lowest BCUT2D eigenvalue weighted by Gasteiger charge is -2.35. The Morgan fingerprint density at radius 3 is 2.55 bits per heavy atom. The van der Waals surface area contributed by atoms with Gasteiger partial charge in [-0.1, -0.05) is 23.4 Å². The van der Waals surface area contributed by atoms with Crippen molar-refractivity contribution in [3.63, 3.8) is 0 Å². The Morgan fingerprint density at radius 1 is 1.10 bits per heavy atom. The Labute approximate surface area is 168 Å². The monoisotopic (exact) mass is 395 g/mol. The molecule has 0 bridgehead atoms. The molecule has 3 aromatic rings. The summed E-state index contributed by atoms with van der Waals surface area (Å²) in [5, 5.41) is 7.73. The highest BCUT2D eigenvalue weighted by Crippen LogP contribution is 2.23. The molecule has 1 amide bonds. The number of carbonyl (C=O) groups excluding carboxylic acids is 1. The summed E-state index contributed by atoms with van der Waals surface area (Å²) in [7, 11) is 1.74. The lowest BCUT2D eigenvalue weighted by atomic mass is 10.2. The number of halogens is 1. The van der Waals surface area contributed by atoms with E-state index in [1.165, 1.54) is 16.8 Å². The summed E-state index contributed by atoms with van der Waals surface area (Å²) < 4.78 is 20.4.